The van der Waals surface area contributed by atoms with Gasteiger partial charge in [0.1, 0.15) is 5.78 Å². The third kappa shape index (κ3) is 8.94. The maximum atomic E-state index is 11.3. The standard InChI is InChI=1S/C15H30O/c1-4-6-7-8-9-10-11-13-15(12-5-2)14(3)16/h15H,4-13H2,1-3H3. The van der Waals surface area contributed by atoms with Gasteiger partial charge in [-0.05, 0) is 19.8 Å². The Kier molecular flexibility index (Phi) is 10.9. The fourth-order valence-electron chi connectivity index (χ4n) is 2.25. The van der Waals surface area contributed by atoms with Crippen molar-refractivity contribution in [3.63, 3.8) is 0 Å². The minimum absolute atomic E-state index is 0.348. The molecule has 0 aliphatic heterocycles. The highest BCUT2D eigenvalue weighted by molar-refractivity contribution is 5.78. The monoisotopic (exact) mass is 226 g/mol. The normalized spacial score (nSPS) is 12.7. The molecular weight excluding hydrogens is 196 g/mol. The molecule has 0 bridgehead atoms. The van der Waals surface area contributed by atoms with Crippen LogP contribution in [0.15, 0.2) is 0 Å². The van der Waals surface area contributed by atoms with Crippen LogP contribution in [0.4, 0.5) is 0 Å². The van der Waals surface area contributed by atoms with E-state index in [-0.39, 0.29) is 0 Å². The number of rotatable bonds is 11. The minimum atomic E-state index is 0.348. The van der Waals surface area contributed by atoms with Crippen molar-refractivity contribution in [3.05, 3.63) is 0 Å². The first kappa shape index (κ1) is 15.7. The first-order valence-corrected chi connectivity index (χ1v) is 7.22. The van der Waals surface area contributed by atoms with Crippen LogP contribution in [-0.2, 0) is 4.79 Å². The van der Waals surface area contributed by atoms with E-state index in [0.717, 1.165) is 19.3 Å². The molecule has 0 heterocycles. The topological polar surface area (TPSA) is 17.1 Å². The third-order valence-corrected chi connectivity index (χ3v) is 3.37. The number of carbonyl (C=O) groups is 1. The molecule has 0 amide bonds. The highest BCUT2D eigenvalue weighted by Gasteiger charge is 2.11. The Bertz CT molecular complexity index is 163. The van der Waals surface area contributed by atoms with Gasteiger partial charge in [0.2, 0.25) is 0 Å². The fraction of sp³-hybridized carbons (Fsp3) is 0.933. The molecule has 0 aromatic rings. The summed E-state index contributed by atoms with van der Waals surface area (Å²) in [6, 6.07) is 0. The van der Waals surface area contributed by atoms with E-state index in [2.05, 4.69) is 13.8 Å². The number of carbonyl (C=O) groups excluding carboxylic acids is 1. The largest absolute Gasteiger partial charge is 0.300 e. The summed E-state index contributed by atoms with van der Waals surface area (Å²) in [5, 5.41) is 0. The molecule has 16 heavy (non-hydrogen) atoms. The Morgan fingerprint density at radius 1 is 0.812 bits per heavy atom. The molecule has 0 aliphatic carbocycles. The number of unbranched alkanes of at least 4 members (excludes halogenated alkanes) is 6. The van der Waals surface area contributed by atoms with Crippen LogP contribution in [0.5, 0.6) is 0 Å². The van der Waals surface area contributed by atoms with Crippen molar-refractivity contribution in [2.75, 3.05) is 0 Å². The smallest absolute Gasteiger partial charge is 0.132 e. The van der Waals surface area contributed by atoms with E-state index in [0.29, 0.717) is 11.7 Å². The lowest BCUT2D eigenvalue weighted by Crippen LogP contribution is -2.10. The van der Waals surface area contributed by atoms with Crippen LogP contribution >= 0.6 is 0 Å². The van der Waals surface area contributed by atoms with E-state index in [9.17, 15) is 4.79 Å². The molecule has 0 radical (unpaired) electrons. The summed E-state index contributed by atoms with van der Waals surface area (Å²) in [7, 11) is 0. The minimum Gasteiger partial charge on any atom is -0.300 e. The second-order valence-corrected chi connectivity index (χ2v) is 5.01. The SMILES string of the molecule is CCCCCCCCCC(CCC)C(C)=O. The molecule has 1 atom stereocenters. The van der Waals surface area contributed by atoms with Gasteiger partial charge in [-0.2, -0.15) is 0 Å². The van der Waals surface area contributed by atoms with Crippen molar-refractivity contribution in [1.29, 1.82) is 0 Å². The number of hydrogen-bond acceptors (Lipinski definition) is 1. The van der Waals surface area contributed by atoms with Crippen molar-refractivity contribution < 1.29 is 4.79 Å². The van der Waals surface area contributed by atoms with E-state index in [1.807, 2.05) is 0 Å². The lowest BCUT2D eigenvalue weighted by atomic mass is 9.93. The molecule has 0 saturated heterocycles. The highest BCUT2D eigenvalue weighted by Crippen LogP contribution is 2.17. The van der Waals surface area contributed by atoms with Gasteiger partial charge in [-0.3, -0.25) is 4.79 Å². The van der Waals surface area contributed by atoms with Gasteiger partial charge in [-0.15, -0.1) is 0 Å². The second-order valence-electron chi connectivity index (χ2n) is 5.01. The van der Waals surface area contributed by atoms with Crippen molar-refractivity contribution in [2.45, 2.75) is 85.0 Å². The zero-order valence-corrected chi connectivity index (χ0v) is 11.6. The maximum Gasteiger partial charge on any atom is 0.132 e. The van der Waals surface area contributed by atoms with Gasteiger partial charge >= 0.3 is 0 Å². The Labute approximate surface area is 102 Å². The van der Waals surface area contributed by atoms with E-state index in [4.69, 9.17) is 0 Å². The maximum absolute atomic E-state index is 11.3. The molecular formula is C15H30O. The fourth-order valence-corrected chi connectivity index (χ4v) is 2.25. The zero-order valence-electron chi connectivity index (χ0n) is 11.6. The average molecular weight is 226 g/mol. The van der Waals surface area contributed by atoms with Crippen molar-refractivity contribution in [1.82, 2.24) is 0 Å². The quantitative estimate of drug-likeness (QED) is 0.446. The van der Waals surface area contributed by atoms with Gasteiger partial charge in [-0.25, -0.2) is 0 Å². The van der Waals surface area contributed by atoms with Crippen LogP contribution in [0.25, 0.3) is 0 Å². The first-order valence-electron chi connectivity index (χ1n) is 7.22. The molecule has 0 aliphatic rings. The van der Waals surface area contributed by atoms with Gasteiger partial charge in [-0.1, -0.05) is 65.2 Å². The van der Waals surface area contributed by atoms with E-state index >= 15 is 0 Å². The van der Waals surface area contributed by atoms with Gasteiger partial charge in [0, 0.05) is 5.92 Å². The molecule has 1 heteroatoms. The van der Waals surface area contributed by atoms with Crippen LogP contribution in [0.3, 0.4) is 0 Å². The van der Waals surface area contributed by atoms with E-state index in [1.165, 1.54) is 44.9 Å². The molecule has 0 aromatic carbocycles. The predicted molar refractivity (Wildman–Crippen MR) is 71.7 cm³/mol. The van der Waals surface area contributed by atoms with Crippen LogP contribution in [0.2, 0.25) is 0 Å². The Hall–Kier alpha value is -0.330. The number of hydrogen-bond donors (Lipinski definition) is 0. The summed E-state index contributed by atoms with van der Waals surface area (Å²) in [6.07, 6.45) is 12.7. The molecule has 0 spiro atoms. The Balaban J connectivity index is 3.37. The molecule has 0 N–H and O–H groups in total. The Morgan fingerprint density at radius 3 is 1.88 bits per heavy atom. The summed E-state index contributed by atoms with van der Waals surface area (Å²) >= 11 is 0. The van der Waals surface area contributed by atoms with Crippen molar-refractivity contribution in [3.8, 4) is 0 Å². The predicted octanol–water partition coefficient (Wildman–Crippen LogP) is 5.13. The van der Waals surface area contributed by atoms with Gasteiger partial charge in [0.05, 0.1) is 0 Å². The summed E-state index contributed by atoms with van der Waals surface area (Å²) in [5.74, 6) is 0.744. The van der Waals surface area contributed by atoms with Crippen LogP contribution in [0, 0.1) is 5.92 Å². The summed E-state index contributed by atoms with van der Waals surface area (Å²) in [5.41, 5.74) is 0. The summed E-state index contributed by atoms with van der Waals surface area (Å²) in [6.45, 7) is 6.17. The molecule has 96 valence electrons. The number of ketones is 1. The third-order valence-electron chi connectivity index (χ3n) is 3.37. The Morgan fingerprint density at radius 2 is 1.38 bits per heavy atom. The van der Waals surface area contributed by atoms with Gasteiger partial charge in [0.25, 0.3) is 0 Å². The van der Waals surface area contributed by atoms with Crippen molar-refractivity contribution >= 4 is 5.78 Å². The number of Topliss-reactive ketones (excluding diaryl/α,β-unsaturated/α-hetero) is 1. The van der Waals surface area contributed by atoms with Crippen LogP contribution in [-0.4, -0.2) is 5.78 Å². The van der Waals surface area contributed by atoms with Gasteiger partial charge in [0.15, 0.2) is 0 Å². The molecule has 0 aromatic heterocycles. The van der Waals surface area contributed by atoms with E-state index < -0.39 is 0 Å². The molecule has 0 fully saturated rings. The van der Waals surface area contributed by atoms with Crippen LogP contribution in [0.1, 0.15) is 85.0 Å². The molecule has 0 saturated carbocycles. The van der Waals surface area contributed by atoms with Crippen LogP contribution < -0.4 is 0 Å². The second kappa shape index (κ2) is 11.2. The molecule has 0 rings (SSSR count). The zero-order chi connectivity index (χ0) is 12.2. The molecule has 1 unspecified atom stereocenters. The summed E-state index contributed by atoms with van der Waals surface area (Å²) < 4.78 is 0. The first-order chi connectivity index (χ1) is 7.72. The van der Waals surface area contributed by atoms with Crippen molar-refractivity contribution in [2.24, 2.45) is 5.92 Å². The lowest BCUT2D eigenvalue weighted by Gasteiger charge is -2.11. The van der Waals surface area contributed by atoms with Gasteiger partial charge < -0.3 is 0 Å². The van der Waals surface area contributed by atoms with E-state index in [1.54, 1.807) is 6.92 Å². The average Bonchev–Trinajstić information content (AvgIpc) is 2.26. The molecule has 1 nitrogen and oxygen atoms in total. The lowest BCUT2D eigenvalue weighted by molar-refractivity contribution is -0.121. The highest BCUT2D eigenvalue weighted by atomic mass is 16.1. The summed E-state index contributed by atoms with van der Waals surface area (Å²) in [4.78, 5) is 11.3.